The number of hydrogen-bond donors (Lipinski definition) is 3. The van der Waals surface area contributed by atoms with Crippen molar-refractivity contribution in [2.75, 3.05) is 38.2 Å². The van der Waals surface area contributed by atoms with Gasteiger partial charge in [0.15, 0.2) is 0 Å². The van der Waals surface area contributed by atoms with E-state index in [0.717, 1.165) is 12.1 Å². The SMILES string of the molecule is O=C(CNC(=O)c1ccc(NC(=O)c2ccccc2-c2ccc(C(F)(F)F)cc2)cc1)N[C@H](C(=O)N1CCOCC1)c1ccccc1. The molecule has 0 radical (unpaired) electrons. The highest BCUT2D eigenvalue weighted by molar-refractivity contribution is 6.09. The van der Waals surface area contributed by atoms with Crippen LogP contribution in [-0.2, 0) is 20.5 Å². The number of carbonyl (C=O) groups is 4. The summed E-state index contributed by atoms with van der Waals surface area (Å²) in [7, 11) is 0. The van der Waals surface area contributed by atoms with Gasteiger partial charge in [-0.15, -0.1) is 0 Å². The Balaban J connectivity index is 1.18. The Labute approximate surface area is 268 Å². The zero-order valence-electron chi connectivity index (χ0n) is 25.1. The number of anilines is 1. The minimum Gasteiger partial charge on any atom is -0.378 e. The summed E-state index contributed by atoms with van der Waals surface area (Å²) in [6.45, 7) is 1.27. The predicted molar refractivity (Wildman–Crippen MR) is 168 cm³/mol. The molecule has 1 atom stereocenters. The Morgan fingerprint density at radius 2 is 1.40 bits per heavy atom. The lowest BCUT2D eigenvalue weighted by atomic mass is 9.98. The maximum atomic E-state index is 13.2. The molecule has 12 heteroatoms. The summed E-state index contributed by atoms with van der Waals surface area (Å²) in [5.41, 5.74) is 1.57. The second-order valence-electron chi connectivity index (χ2n) is 10.7. The average molecular weight is 645 g/mol. The van der Waals surface area contributed by atoms with Gasteiger partial charge in [-0.2, -0.15) is 13.2 Å². The van der Waals surface area contributed by atoms with Crippen LogP contribution in [0.1, 0.15) is 37.9 Å². The lowest BCUT2D eigenvalue weighted by molar-refractivity contribution is -0.140. The summed E-state index contributed by atoms with van der Waals surface area (Å²) < 4.78 is 44.3. The van der Waals surface area contributed by atoms with E-state index < -0.39 is 35.5 Å². The Morgan fingerprint density at radius 3 is 2.06 bits per heavy atom. The third-order valence-electron chi connectivity index (χ3n) is 7.52. The highest BCUT2D eigenvalue weighted by Crippen LogP contribution is 2.32. The highest BCUT2D eigenvalue weighted by Gasteiger charge is 2.30. The van der Waals surface area contributed by atoms with Gasteiger partial charge in [-0.3, -0.25) is 19.2 Å². The number of hydrogen-bond acceptors (Lipinski definition) is 5. The minimum atomic E-state index is -4.47. The summed E-state index contributed by atoms with van der Waals surface area (Å²) >= 11 is 0. The van der Waals surface area contributed by atoms with Crippen molar-refractivity contribution in [3.05, 3.63) is 125 Å². The van der Waals surface area contributed by atoms with E-state index in [1.165, 1.54) is 36.4 Å². The molecule has 4 amide bonds. The van der Waals surface area contributed by atoms with E-state index >= 15 is 0 Å². The van der Waals surface area contributed by atoms with Gasteiger partial charge in [0.05, 0.1) is 25.3 Å². The average Bonchev–Trinajstić information content (AvgIpc) is 3.10. The van der Waals surface area contributed by atoms with Crippen molar-refractivity contribution in [2.45, 2.75) is 12.2 Å². The van der Waals surface area contributed by atoms with E-state index in [0.29, 0.717) is 48.7 Å². The Bertz CT molecular complexity index is 1720. The van der Waals surface area contributed by atoms with Gasteiger partial charge in [-0.1, -0.05) is 60.7 Å². The largest absolute Gasteiger partial charge is 0.416 e. The van der Waals surface area contributed by atoms with Gasteiger partial charge in [-0.25, -0.2) is 0 Å². The van der Waals surface area contributed by atoms with E-state index in [9.17, 15) is 32.3 Å². The molecule has 1 fully saturated rings. The van der Waals surface area contributed by atoms with Crippen molar-refractivity contribution in [2.24, 2.45) is 0 Å². The molecule has 0 aliphatic carbocycles. The van der Waals surface area contributed by atoms with Crippen LogP contribution >= 0.6 is 0 Å². The fraction of sp³-hybridized carbons (Fsp3) is 0.200. The minimum absolute atomic E-state index is 0.227. The molecule has 242 valence electrons. The van der Waals surface area contributed by atoms with Crippen LogP contribution in [0.4, 0.5) is 18.9 Å². The topological polar surface area (TPSA) is 117 Å². The van der Waals surface area contributed by atoms with Crippen molar-refractivity contribution < 1.29 is 37.1 Å². The molecule has 9 nitrogen and oxygen atoms in total. The lowest BCUT2D eigenvalue weighted by Gasteiger charge is -2.31. The molecule has 5 rings (SSSR count). The van der Waals surface area contributed by atoms with Crippen molar-refractivity contribution in [1.29, 1.82) is 0 Å². The first kappa shape index (κ1) is 32.9. The molecular weight excluding hydrogens is 613 g/mol. The maximum absolute atomic E-state index is 13.2. The Morgan fingerprint density at radius 1 is 0.766 bits per heavy atom. The molecule has 0 unspecified atom stereocenters. The molecular formula is C35H31F3N4O5. The monoisotopic (exact) mass is 644 g/mol. The van der Waals surface area contributed by atoms with Gasteiger partial charge in [0.2, 0.25) is 11.8 Å². The molecule has 1 aliphatic heterocycles. The number of alkyl halides is 3. The number of morpholine rings is 1. The van der Waals surface area contributed by atoms with Gasteiger partial charge < -0.3 is 25.6 Å². The first-order chi connectivity index (χ1) is 22.6. The van der Waals surface area contributed by atoms with Crippen LogP contribution in [0.5, 0.6) is 0 Å². The standard InChI is InChI=1S/C35H31F3N4O5/c36-35(37,38)26-14-10-23(11-15-26)28-8-4-5-9-29(28)33(45)40-27-16-12-25(13-17-27)32(44)39-22-30(43)41-31(24-6-2-1-3-7-24)34(46)42-18-20-47-21-19-42/h1-17,31H,18-22H2,(H,39,44)(H,40,45)(H,41,43)/t31-/m0/s1. The van der Waals surface area contributed by atoms with Gasteiger partial charge in [0.25, 0.3) is 11.8 Å². The first-order valence-electron chi connectivity index (χ1n) is 14.8. The maximum Gasteiger partial charge on any atom is 0.416 e. The molecule has 0 bridgehead atoms. The third-order valence-corrected chi connectivity index (χ3v) is 7.52. The fourth-order valence-electron chi connectivity index (χ4n) is 5.05. The van der Waals surface area contributed by atoms with E-state index in [1.807, 2.05) is 0 Å². The number of halogens is 3. The normalized spacial score (nSPS) is 13.7. The Hall–Kier alpha value is -5.49. The van der Waals surface area contributed by atoms with E-state index in [4.69, 9.17) is 4.74 Å². The van der Waals surface area contributed by atoms with Crippen LogP contribution in [0.15, 0.2) is 103 Å². The number of nitrogens with zero attached hydrogens (tertiary/aromatic N) is 1. The number of amides is 4. The molecule has 47 heavy (non-hydrogen) atoms. The quantitative estimate of drug-likeness (QED) is 0.235. The molecule has 4 aromatic carbocycles. The first-order valence-corrected chi connectivity index (χ1v) is 14.8. The van der Waals surface area contributed by atoms with Gasteiger partial charge in [0.1, 0.15) is 6.04 Å². The zero-order valence-corrected chi connectivity index (χ0v) is 25.1. The molecule has 3 N–H and O–H groups in total. The predicted octanol–water partition coefficient (Wildman–Crippen LogP) is 5.07. The number of ether oxygens (including phenoxy) is 1. The van der Waals surface area contributed by atoms with Crippen LogP contribution in [0, 0.1) is 0 Å². The van der Waals surface area contributed by atoms with E-state index in [1.54, 1.807) is 59.5 Å². The van der Waals surface area contributed by atoms with E-state index in [2.05, 4.69) is 16.0 Å². The van der Waals surface area contributed by atoms with Crippen LogP contribution in [-0.4, -0.2) is 61.4 Å². The zero-order chi connectivity index (χ0) is 33.4. The summed E-state index contributed by atoms with van der Waals surface area (Å²) in [4.78, 5) is 53.6. The second-order valence-corrected chi connectivity index (χ2v) is 10.7. The molecule has 0 spiro atoms. The summed E-state index contributed by atoms with van der Waals surface area (Å²) in [6.07, 6.45) is -4.47. The van der Waals surface area contributed by atoms with E-state index in [-0.39, 0.29) is 23.6 Å². The van der Waals surface area contributed by atoms with Crippen LogP contribution in [0.3, 0.4) is 0 Å². The Kier molecular flexibility index (Phi) is 10.3. The number of benzene rings is 4. The lowest BCUT2D eigenvalue weighted by Crippen LogP contribution is -2.49. The third kappa shape index (κ3) is 8.41. The van der Waals surface area contributed by atoms with Crippen molar-refractivity contribution in [3.8, 4) is 11.1 Å². The van der Waals surface area contributed by atoms with Crippen LogP contribution in [0.25, 0.3) is 11.1 Å². The van der Waals surface area contributed by atoms with Gasteiger partial charge >= 0.3 is 6.18 Å². The van der Waals surface area contributed by atoms with Gasteiger partial charge in [-0.05, 0) is 59.2 Å². The smallest absolute Gasteiger partial charge is 0.378 e. The van der Waals surface area contributed by atoms with Crippen molar-refractivity contribution in [1.82, 2.24) is 15.5 Å². The second kappa shape index (κ2) is 14.7. The summed E-state index contributed by atoms with van der Waals surface area (Å²) in [5, 5.41) is 8.01. The van der Waals surface area contributed by atoms with Crippen LogP contribution < -0.4 is 16.0 Å². The number of rotatable bonds is 9. The molecule has 1 saturated heterocycles. The molecule has 0 saturated carbocycles. The molecule has 1 heterocycles. The summed E-state index contributed by atoms with van der Waals surface area (Å²) in [6, 6.07) is 25.0. The van der Waals surface area contributed by atoms with Crippen LogP contribution in [0.2, 0.25) is 0 Å². The molecule has 0 aromatic heterocycles. The van der Waals surface area contributed by atoms with Crippen molar-refractivity contribution in [3.63, 3.8) is 0 Å². The fourth-order valence-corrected chi connectivity index (χ4v) is 5.05. The number of carbonyl (C=O) groups excluding carboxylic acids is 4. The molecule has 4 aromatic rings. The molecule has 1 aliphatic rings. The van der Waals surface area contributed by atoms with Gasteiger partial charge in [0, 0.05) is 29.9 Å². The van der Waals surface area contributed by atoms with Crippen molar-refractivity contribution >= 4 is 29.3 Å². The highest BCUT2D eigenvalue weighted by atomic mass is 19.4. The summed E-state index contributed by atoms with van der Waals surface area (Å²) in [5.74, 6) is -1.85. The number of nitrogens with one attached hydrogen (secondary N) is 3.